The van der Waals surface area contributed by atoms with Crippen molar-refractivity contribution in [3.8, 4) is 6.07 Å². The van der Waals surface area contributed by atoms with Gasteiger partial charge >= 0.3 is 0 Å². The van der Waals surface area contributed by atoms with E-state index in [1.54, 1.807) is 0 Å². The number of rotatable bonds is 2. The Kier molecular flexibility index (Phi) is 3.27. The van der Waals surface area contributed by atoms with Gasteiger partial charge in [0.1, 0.15) is 6.04 Å². The Morgan fingerprint density at radius 1 is 1.21 bits per heavy atom. The summed E-state index contributed by atoms with van der Waals surface area (Å²) in [6.45, 7) is 6.17. The molecule has 0 saturated heterocycles. The molecule has 1 aromatic rings. The number of benzene rings is 1. The molecular weight excluding hydrogens is 172 g/mol. The molecule has 0 amide bonds. The van der Waals surface area contributed by atoms with E-state index in [4.69, 9.17) is 5.26 Å². The fraction of sp³-hybridized carbons (Fsp3) is 0.417. The van der Waals surface area contributed by atoms with Crippen molar-refractivity contribution in [2.75, 3.05) is 0 Å². The Morgan fingerprint density at radius 2 is 1.79 bits per heavy atom. The molecule has 1 unspecified atom stereocenters. The van der Waals surface area contributed by atoms with Gasteiger partial charge in [-0.15, -0.1) is 0 Å². The fourth-order valence-electron chi connectivity index (χ4n) is 1.27. The van der Waals surface area contributed by atoms with Crippen LogP contribution >= 0.6 is 0 Å². The van der Waals surface area contributed by atoms with Gasteiger partial charge in [-0.3, -0.25) is 5.32 Å². The molecular formula is C12H16N2. The zero-order chi connectivity index (χ0) is 10.6. The summed E-state index contributed by atoms with van der Waals surface area (Å²) in [5.74, 6) is 0. The van der Waals surface area contributed by atoms with E-state index in [2.05, 4.69) is 32.2 Å². The van der Waals surface area contributed by atoms with Gasteiger partial charge in [0.25, 0.3) is 0 Å². The fourth-order valence-corrected chi connectivity index (χ4v) is 1.27. The largest absolute Gasteiger partial charge is 0.293 e. The quantitative estimate of drug-likeness (QED) is 0.774. The predicted octanol–water partition coefficient (Wildman–Crippen LogP) is 2.64. The van der Waals surface area contributed by atoms with Gasteiger partial charge in [-0.2, -0.15) is 5.26 Å². The van der Waals surface area contributed by atoms with E-state index in [1.807, 2.05) is 30.3 Å². The lowest BCUT2D eigenvalue weighted by Gasteiger charge is -2.24. The molecule has 0 aliphatic carbocycles. The minimum absolute atomic E-state index is 0.0454. The molecule has 74 valence electrons. The maximum atomic E-state index is 9.03. The Bertz CT molecular complexity index is 316. The Labute approximate surface area is 85.6 Å². The van der Waals surface area contributed by atoms with E-state index < -0.39 is 0 Å². The molecule has 0 radical (unpaired) electrons. The van der Waals surface area contributed by atoms with E-state index in [0.29, 0.717) is 0 Å². The van der Waals surface area contributed by atoms with Crippen LogP contribution in [-0.2, 0) is 0 Å². The summed E-state index contributed by atoms with van der Waals surface area (Å²) in [6.07, 6.45) is 0. The maximum absolute atomic E-state index is 9.03. The van der Waals surface area contributed by atoms with Gasteiger partial charge in [0.2, 0.25) is 0 Å². The van der Waals surface area contributed by atoms with E-state index in [1.165, 1.54) is 0 Å². The molecule has 1 N–H and O–H groups in total. The molecule has 0 bridgehead atoms. The van der Waals surface area contributed by atoms with Crippen LogP contribution in [0.15, 0.2) is 30.3 Å². The van der Waals surface area contributed by atoms with Crippen LogP contribution < -0.4 is 5.32 Å². The Morgan fingerprint density at radius 3 is 2.21 bits per heavy atom. The van der Waals surface area contributed by atoms with E-state index >= 15 is 0 Å². The number of hydrogen-bond acceptors (Lipinski definition) is 2. The van der Waals surface area contributed by atoms with Crippen LogP contribution in [0.5, 0.6) is 0 Å². The number of hydrogen-bond donors (Lipinski definition) is 1. The molecule has 0 heterocycles. The highest BCUT2D eigenvalue weighted by Crippen LogP contribution is 2.15. The van der Waals surface area contributed by atoms with Crippen LogP contribution in [0.3, 0.4) is 0 Å². The smallest absolute Gasteiger partial charge is 0.121 e. The van der Waals surface area contributed by atoms with Crippen molar-refractivity contribution in [2.45, 2.75) is 32.4 Å². The SMILES string of the molecule is CC(C)(C)NC(C#N)c1ccccc1. The first-order chi connectivity index (χ1) is 6.53. The van der Waals surface area contributed by atoms with Crippen molar-refractivity contribution in [2.24, 2.45) is 0 Å². The van der Waals surface area contributed by atoms with Crippen molar-refractivity contribution >= 4 is 0 Å². The molecule has 1 atom stereocenters. The molecule has 1 aromatic carbocycles. The van der Waals surface area contributed by atoms with E-state index in [-0.39, 0.29) is 11.6 Å². The Balaban J connectivity index is 2.80. The van der Waals surface area contributed by atoms with Crippen LogP contribution in [0.2, 0.25) is 0 Å². The summed E-state index contributed by atoms with van der Waals surface area (Å²) in [7, 11) is 0. The molecule has 2 nitrogen and oxygen atoms in total. The average Bonchev–Trinajstić information content (AvgIpc) is 2.14. The van der Waals surface area contributed by atoms with E-state index in [0.717, 1.165) is 5.56 Å². The van der Waals surface area contributed by atoms with Crippen molar-refractivity contribution < 1.29 is 0 Å². The van der Waals surface area contributed by atoms with Crippen LogP contribution in [0, 0.1) is 11.3 Å². The zero-order valence-electron chi connectivity index (χ0n) is 8.91. The molecule has 0 aliphatic heterocycles. The molecule has 0 aromatic heterocycles. The van der Waals surface area contributed by atoms with Crippen LogP contribution in [0.1, 0.15) is 32.4 Å². The second-order valence-corrected chi connectivity index (χ2v) is 4.37. The summed E-state index contributed by atoms with van der Waals surface area (Å²) in [5.41, 5.74) is 0.973. The van der Waals surface area contributed by atoms with Gasteiger partial charge in [0.15, 0.2) is 0 Å². The lowest BCUT2D eigenvalue weighted by molar-refractivity contribution is 0.400. The van der Waals surface area contributed by atoms with Gasteiger partial charge in [-0.1, -0.05) is 30.3 Å². The Hall–Kier alpha value is -1.33. The van der Waals surface area contributed by atoms with Crippen LogP contribution in [0.25, 0.3) is 0 Å². The third-order valence-corrected chi connectivity index (χ3v) is 1.84. The van der Waals surface area contributed by atoms with Crippen molar-refractivity contribution in [3.05, 3.63) is 35.9 Å². The molecule has 1 rings (SSSR count). The molecule has 0 aliphatic rings. The van der Waals surface area contributed by atoms with Gasteiger partial charge in [0, 0.05) is 5.54 Å². The first-order valence-corrected chi connectivity index (χ1v) is 4.75. The summed E-state index contributed by atoms with van der Waals surface area (Å²) in [4.78, 5) is 0. The highest BCUT2D eigenvalue weighted by molar-refractivity contribution is 5.24. The summed E-state index contributed by atoms with van der Waals surface area (Å²) < 4.78 is 0. The second-order valence-electron chi connectivity index (χ2n) is 4.37. The minimum atomic E-state index is -0.226. The number of nitrogens with zero attached hydrogens (tertiary/aromatic N) is 1. The van der Waals surface area contributed by atoms with Crippen LogP contribution in [0.4, 0.5) is 0 Å². The number of nitriles is 1. The van der Waals surface area contributed by atoms with Gasteiger partial charge in [-0.25, -0.2) is 0 Å². The summed E-state index contributed by atoms with van der Waals surface area (Å²) >= 11 is 0. The van der Waals surface area contributed by atoms with Crippen molar-refractivity contribution in [3.63, 3.8) is 0 Å². The first-order valence-electron chi connectivity index (χ1n) is 4.75. The molecule has 0 fully saturated rings. The molecule has 14 heavy (non-hydrogen) atoms. The first kappa shape index (κ1) is 10.7. The lowest BCUT2D eigenvalue weighted by atomic mass is 10.0. The zero-order valence-corrected chi connectivity index (χ0v) is 8.91. The van der Waals surface area contributed by atoms with Crippen molar-refractivity contribution in [1.82, 2.24) is 5.32 Å². The van der Waals surface area contributed by atoms with Gasteiger partial charge in [0.05, 0.1) is 6.07 Å². The summed E-state index contributed by atoms with van der Waals surface area (Å²) in [5, 5.41) is 12.3. The third kappa shape index (κ3) is 3.20. The summed E-state index contributed by atoms with van der Waals surface area (Å²) in [6, 6.07) is 11.8. The monoisotopic (exact) mass is 188 g/mol. The molecule has 0 spiro atoms. The average molecular weight is 188 g/mol. The lowest BCUT2D eigenvalue weighted by Crippen LogP contribution is -2.38. The van der Waals surface area contributed by atoms with E-state index in [9.17, 15) is 0 Å². The molecule has 2 heteroatoms. The van der Waals surface area contributed by atoms with Crippen molar-refractivity contribution in [1.29, 1.82) is 5.26 Å². The number of nitrogens with one attached hydrogen (secondary N) is 1. The predicted molar refractivity (Wildman–Crippen MR) is 57.7 cm³/mol. The van der Waals surface area contributed by atoms with Crippen LogP contribution in [-0.4, -0.2) is 5.54 Å². The topological polar surface area (TPSA) is 35.8 Å². The molecule has 0 saturated carbocycles. The maximum Gasteiger partial charge on any atom is 0.121 e. The normalized spacial score (nSPS) is 13.3. The third-order valence-electron chi connectivity index (χ3n) is 1.84. The highest BCUT2D eigenvalue weighted by atomic mass is 15.0. The second kappa shape index (κ2) is 4.26. The minimum Gasteiger partial charge on any atom is -0.293 e. The van der Waals surface area contributed by atoms with Gasteiger partial charge < -0.3 is 0 Å². The standard InChI is InChI=1S/C12H16N2/c1-12(2,3)14-11(9-13)10-7-5-4-6-8-10/h4-8,11,14H,1-3H3. The highest BCUT2D eigenvalue weighted by Gasteiger charge is 2.17. The van der Waals surface area contributed by atoms with Gasteiger partial charge in [-0.05, 0) is 26.3 Å².